The first-order chi connectivity index (χ1) is 15.3. The maximum atomic E-state index is 13.7. The van der Waals surface area contributed by atoms with E-state index in [0.29, 0.717) is 52.7 Å². The van der Waals surface area contributed by atoms with E-state index in [4.69, 9.17) is 5.73 Å². The van der Waals surface area contributed by atoms with Gasteiger partial charge in [0, 0.05) is 66.7 Å². The molecule has 0 aliphatic carbocycles. The lowest BCUT2D eigenvalue weighted by atomic mass is 10.0. The Bertz CT molecular complexity index is 1280. The van der Waals surface area contributed by atoms with Gasteiger partial charge in [0.2, 0.25) is 0 Å². The molecule has 0 spiro atoms. The second-order valence-electron chi connectivity index (χ2n) is 7.62. The topological polar surface area (TPSA) is 67.1 Å². The largest absolute Gasteiger partial charge is 0.383 e. The average Bonchev–Trinajstić information content (AvgIpc) is 2.75. The molecular formula is C23H21F4N5. The van der Waals surface area contributed by atoms with Gasteiger partial charge in [0.05, 0.1) is 11.0 Å². The lowest BCUT2D eigenvalue weighted by molar-refractivity contribution is 0.324. The molecule has 1 unspecified atom stereocenters. The molecule has 9 heteroatoms. The van der Waals surface area contributed by atoms with Crippen molar-refractivity contribution in [2.45, 2.75) is 6.04 Å². The molecule has 2 aromatic carbocycles. The van der Waals surface area contributed by atoms with Gasteiger partial charge in [0.15, 0.2) is 23.3 Å². The number of hydrogen-bond acceptors (Lipinski definition) is 5. The summed E-state index contributed by atoms with van der Waals surface area (Å²) in [5, 5.41) is 4.17. The summed E-state index contributed by atoms with van der Waals surface area (Å²) in [6.07, 6.45) is 3.05. The third kappa shape index (κ3) is 4.49. The Balaban J connectivity index is 1.41. The third-order valence-corrected chi connectivity index (χ3v) is 5.32. The Labute approximate surface area is 181 Å². The SMILES string of the molecule is CN(CCNc1ccnc2cc(F)c(F)cc12)CC(N)c1ccnc2cc(F)c(F)cc12. The van der Waals surface area contributed by atoms with E-state index in [9.17, 15) is 17.6 Å². The number of aromatic nitrogens is 2. The standard InChI is InChI=1S/C23H21F4N5/c1-32(7-6-31-21-3-5-30-23-11-19(27)17(25)9-15(21)23)12-20(28)13-2-4-29-22-10-18(26)16(24)8-14(13)22/h2-5,8-11,20H,6-7,12,28H2,1H3,(H,30,31). The van der Waals surface area contributed by atoms with Gasteiger partial charge in [-0.25, -0.2) is 17.6 Å². The minimum atomic E-state index is -0.954. The first-order valence-electron chi connectivity index (χ1n) is 9.99. The zero-order chi connectivity index (χ0) is 22.8. The van der Waals surface area contributed by atoms with Crippen LogP contribution in [0.1, 0.15) is 11.6 Å². The maximum Gasteiger partial charge on any atom is 0.161 e. The molecule has 166 valence electrons. The van der Waals surface area contributed by atoms with Gasteiger partial charge in [-0.2, -0.15) is 0 Å². The molecule has 5 nitrogen and oxygen atoms in total. The summed E-state index contributed by atoms with van der Waals surface area (Å²) in [6, 6.07) is 7.31. The zero-order valence-corrected chi connectivity index (χ0v) is 17.2. The fourth-order valence-corrected chi connectivity index (χ4v) is 3.69. The van der Waals surface area contributed by atoms with Crippen LogP contribution >= 0.6 is 0 Å². The second kappa shape index (κ2) is 9.05. The Morgan fingerprint density at radius 1 is 0.875 bits per heavy atom. The summed E-state index contributed by atoms with van der Waals surface area (Å²) < 4.78 is 54.3. The lowest BCUT2D eigenvalue weighted by Crippen LogP contribution is -2.32. The van der Waals surface area contributed by atoms with Crippen molar-refractivity contribution in [3.63, 3.8) is 0 Å². The van der Waals surface area contributed by atoms with Crippen molar-refractivity contribution < 1.29 is 17.6 Å². The molecule has 3 N–H and O–H groups in total. The van der Waals surface area contributed by atoms with Crippen LogP contribution in [0.5, 0.6) is 0 Å². The highest BCUT2D eigenvalue weighted by molar-refractivity contribution is 5.91. The molecule has 2 heterocycles. The van der Waals surface area contributed by atoms with Crippen molar-refractivity contribution in [1.29, 1.82) is 0 Å². The summed E-state index contributed by atoms with van der Waals surface area (Å²) in [7, 11) is 1.88. The summed E-state index contributed by atoms with van der Waals surface area (Å²) in [5.74, 6) is -3.78. The molecule has 0 saturated carbocycles. The highest BCUT2D eigenvalue weighted by Crippen LogP contribution is 2.25. The minimum Gasteiger partial charge on any atom is -0.383 e. The summed E-state index contributed by atoms with van der Waals surface area (Å²) in [4.78, 5) is 10.1. The summed E-state index contributed by atoms with van der Waals surface area (Å²) in [6.45, 7) is 1.56. The van der Waals surface area contributed by atoms with E-state index >= 15 is 0 Å². The molecule has 0 amide bonds. The van der Waals surface area contributed by atoms with Crippen molar-refractivity contribution >= 4 is 27.5 Å². The van der Waals surface area contributed by atoms with Crippen LogP contribution in [0.15, 0.2) is 48.8 Å². The molecule has 0 aliphatic rings. The molecule has 0 radical (unpaired) electrons. The van der Waals surface area contributed by atoms with Gasteiger partial charge in [0.25, 0.3) is 0 Å². The first kappa shape index (κ1) is 21.9. The summed E-state index contributed by atoms with van der Waals surface area (Å²) >= 11 is 0. The number of pyridine rings is 2. The molecule has 4 rings (SSSR count). The third-order valence-electron chi connectivity index (χ3n) is 5.32. The van der Waals surface area contributed by atoms with Crippen molar-refractivity contribution in [3.8, 4) is 0 Å². The second-order valence-corrected chi connectivity index (χ2v) is 7.62. The zero-order valence-electron chi connectivity index (χ0n) is 17.2. The fraction of sp³-hybridized carbons (Fsp3) is 0.217. The Kier molecular flexibility index (Phi) is 6.20. The van der Waals surface area contributed by atoms with Crippen LogP contribution in [-0.2, 0) is 0 Å². The number of likely N-dealkylation sites (N-methyl/N-ethyl adjacent to an activating group) is 1. The van der Waals surface area contributed by atoms with Crippen LogP contribution < -0.4 is 11.1 Å². The fourth-order valence-electron chi connectivity index (χ4n) is 3.69. The number of anilines is 1. The number of nitrogens with two attached hydrogens (primary N) is 1. The van der Waals surface area contributed by atoms with Gasteiger partial charge >= 0.3 is 0 Å². The molecule has 2 aromatic heterocycles. The van der Waals surface area contributed by atoms with E-state index in [1.54, 1.807) is 12.1 Å². The smallest absolute Gasteiger partial charge is 0.161 e. The van der Waals surface area contributed by atoms with Gasteiger partial charge in [0.1, 0.15) is 0 Å². The monoisotopic (exact) mass is 443 g/mol. The molecule has 1 atom stereocenters. The van der Waals surface area contributed by atoms with Crippen LogP contribution in [-0.4, -0.2) is 41.5 Å². The van der Waals surface area contributed by atoms with Gasteiger partial charge in [-0.15, -0.1) is 0 Å². The average molecular weight is 443 g/mol. The van der Waals surface area contributed by atoms with Crippen LogP contribution in [0.2, 0.25) is 0 Å². The van der Waals surface area contributed by atoms with E-state index in [0.717, 1.165) is 24.3 Å². The predicted octanol–water partition coefficient (Wildman–Crippen LogP) is 4.38. The van der Waals surface area contributed by atoms with Gasteiger partial charge < -0.3 is 16.0 Å². The molecule has 0 fully saturated rings. The van der Waals surface area contributed by atoms with Crippen LogP contribution in [0.4, 0.5) is 23.2 Å². The maximum absolute atomic E-state index is 13.7. The quantitative estimate of drug-likeness (QED) is 0.415. The van der Waals surface area contributed by atoms with E-state index in [2.05, 4.69) is 15.3 Å². The van der Waals surface area contributed by atoms with Crippen LogP contribution in [0.3, 0.4) is 0 Å². The van der Waals surface area contributed by atoms with Crippen molar-refractivity contribution in [2.75, 3.05) is 32.0 Å². The lowest BCUT2D eigenvalue weighted by Gasteiger charge is -2.23. The number of halogens is 4. The van der Waals surface area contributed by atoms with E-state index in [1.165, 1.54) is 12.4 Å². The molecule has 0 bridgehead atoms. The number of rotatable bonds is 7. The molecule has 0 saturated heterocycles. The number of fused-ring (bicyclic) bond motifs is 2. The van der Waals surface area contributed by atoms with Crippen LogP contribution in [0.25, 0.3) is 21.8 Å². The highest BCUT2D eigenvalue weighted by Gasteiger charge is 2.15. The highest BCUT2D eigenvalue weighted by atomic mass is 19.2. The predicted molar refractivity (Wildman–Crippen MR) is 116 cm³/mol. The Hall–Kier alpha value is -3.30. The van der Waals surface area contributed by atoms with Gasteiger partial charge in [-0.05, 0) is 36.9 Å². The minimum absolute atomic E-state index is 0.342. The van der Waals surface area contributed by atoms with E-state index < -0.39 is 29.3 Å². The Morgan fingerprint density at radius 2 is 1.44 bits per heavy atom. The molecule has 4 aromatic rings. The molecular weight excluding hydrogens is 422 g/mol. The number of hydrogen-bond donors (Lipinski definition) is 2. The van der Waals surface area contributed by atoms with Gasteiger partial charge in [-0.3, -0.25) is 9.97 Å². The van der Waals surface area contributed by atoms with Crippen molar-refractivity contribution in [2.24, 2.45) is 5.73 Å². The molecule has 32 heavy (non-hydrogen) atoms. The normalized spacial score (nSPS) is 12.6. The van der Waals surface area contributed by atoms with E-state index in [1.807, 2.05) is 11.9 Å². The van der Waals surface area contributed by atoms with Crippen LogP contribution in [0, 0.1) is 23.3 Å². The Morgan fingerprint density at radius 3 is 2.12 bits per heavy atom. The van der Waals surface area contributed by atoms with Crippen molar-refractivity contribution in [3.05, 3.63) is 77.6 Å². The first-order valence-corrected chi connectivity index (χ1v) is 9.99. The molecule has 0 aliphatic heterocycles. The number of nitrogens with zero attached hydrogens (tertiary/aromatic N) is 3. The number of nitrogens with one attached hydrogen (secondary N) is 1. The van der Waals surface area contributed by atoms with E-state index in [-0.39, 0.29) is 0 Å². The number of benzene rings is 2. The van der Waals surface area contributed by atoms with Gasteiger partial charge in [-0.1, -0.05) is 0 Å². The van der Waals surface area contributed by atoms with Crippen molar-refractivity contribution in [1.82, 2.24) is 14.9 Å². The summed E-state index contributed by atoms with van der Waals surface area (Å²) in [5.41, 5.74) is 8.36.